The number of aromatic nitrogens is 4. The number of methoxy groups -OCH3 is 1. The molecule has 0 saturated carbocycles. The molecule has 8 heteroatoms. The van der Waals surface area contributed by atoms with Gasteiger partial charge in [-0.15, -0.1) is 0 Å². The third kappa shape index (κ3) is 4.46. The Balaban J connectivity index is 1.45. The van der Waals surface area contributed by atoms with E-state index in [0.29, 0.717) is 37.7 Å². The maximum Gasteiger partial charge on any atom is 0.137 e. The first-order valence-corrected chi connectivity index (χ1v) is 11.0. The number of fused-ring (bicyclic) bond motifs is 1. The van der Waals surface area contributed by atoms with Crippen LogP contribution in [0.5, 0.6) is 5.75 Å². The van der Waals surface area contributed by atoms with E-state index in [2.05, 4.69) is 27.2 Å². The summed E-state index contributed by atoms with van der Waals surface area (Å²) in [5, 5.41) is 15.1. The number of aromatic amines is 1. The van der Waals surface area contributed by atoms with Gasteiger partial charge in [-0.2, -0.15) is 10.4 Å². The standard InChI is InChI=1S/C25H25N5O3/c1-31-9-6-30-16-20(14-29-30)19-11-22-23(15-28-25(22)27-13-19)17-2-3-24(18(10-17)12-26)33-21-4-7-32-8-5-21/h2-3,10-11,13-16,21H,4-9H2,1H3,(H,27,28). The van der Waals surface area contributed by atoms with Gasteiger partial charge in [0.05, 0.1) is 38.1 Å². The van der Waals surface area contributed by atoms with E-state index in [4.69, 9.17) is 14.2 Å². The topological polar surface area (TPSA) is 98.0 Å². The summed E-state index contributed by atoms with van der Waals surface area (Å²) in [5.41, 5.74) is 5.21. The molecule has 1 saturated heterocycles. The molecule has 1 aliphatic heterocycles. The molecule has 3 aromatic heterocycles. The Morgan fingerprint density at radius 1 is 1.18 bits per heavy atom. The summed E-state index contributed by atoms with van der Waals surface area (Å²) < 4.78 is 18.5. The van der Waals surface area contributed by atoms with E-state index in [9.17, 15) is 5.26 Å². The van der Waals surface area contributed by atoms with Crippen LogP contribution in [0.2, 0.25) is 0 Å². The van der Waals surface area contributed by atoms with E-state index in [1.807, 2.05) is 47.7 Å². The van der Waals surface area contributed by atoms with Crippen LogP contribution in [-0.4, -0.2) is 52.8 Å². The molecule has 0 radical (unpaired) electrons. The summed E-state index contributed by atoms with van der Waals surface area (Å²) in [6.45, 7) is 2.69. The van der Waals surface area contributed by atoms with E-state index in [-0.39, 0.29) is 6.10 Å². The molecule has 168 valence electrons. The van der Waals surface area contributed by atoms with Crippen LogP contribution in [0.4, 0.5) is 0 Å². The normalized spacial score (nSPS) is 14.4. The molecule has 0 bridgehead atoms. The number of hydrogen-bond donors (Lipinski definition) is 1. The lowest BCUT2D eigenvalue weighted by Crippen LogP contribution is -2.26. The first kappa shape index (κ1) is 21.2. The summed E-state index contributed by atoms with van der Waals surface area (Å²) in [6, 6.07) is 10.2. The Morgan fingerprint density at radius 2 is 2.06 bits per heavy atom. The smallest absolute Gasteiger partial charge is 0.137 e. The Hall–Kier alpha value is -3.67. The first-order valence-electron chi connectivity index (χ1n) is 11.0. The zero-order valence-corrected chi connectivity index (χ0v) is 18.5. The van der Waals surface area contributed by atoms with E-state index < -0.39 is 0 Å². The van der Waals surface area contributed by atoms with Crippen LogP contribution in [-0.2, 0) is 16.0 Å². The minimum absolute atomic E-state index is 0.0846. The van der Waals surface area contributed by atoms with Crippen LogP contribution in [0.25, 0.3) is 33.3 Å². The van der Waals surface area contributed by atoms with Crippen molar-refractivity contribution in [2.45, 2.75) is 25.5 Å². The van der Waals surface area contributed by atoms with Crippen LogP contribution in [0, 0.1) is 11.3 Å². The maximum absolute atomic E-state index is 9.75. The Morgan fingerprint density at radius 3 is 2.88 bits per heavy atom. The van der Waals surface area contributed by atoms with Crippen molar-refractivity contribution < 1.29 is 14.2 Å². The molecule has 1 fully saturated rings. The second-order valence-electron chi connectivity index (χ2n) is 8.06. The minimum Gasteiger partial charge on any atom is -0.489 e. The second kappa shape index (κ2) is 9.45. The van der Waals surface area contributed by atoms with Crippen LogP contribution in [0.15, 0.2) is 49.1 Å². The molecule has 1 aliphatic rings. The third-order valence-electron chi connectivity index (χ3n) is 5.90. The minimum atomic E-state index is 0.0846. The van der Waals surface area contributed by atoms with Gasteiger partial charge in [0.2, 0.25) is 0 Å². The number of H-pyrrole nitrogens is 1. The molecule has 0 spiro atoms. The van der Waals surface area contributed by atoms with Crippen molar-refractivity contribution in [2.75, 3.05) is 26.9 Å². The molecule has 4 aromatic rings. The van der Waals surface area contributed by atoms with Gasteiger partial charge < -0.3 is 19.2 Å². The third-order valence-corrected chi connectivity index (χ3v) is 5.90. The number of nitrogens with one attached hydrogen (secondary N) is 1. The van der Waals surface area contributed by atoms with Crippen LogP contribution >= 0.6 is 0 Å². The summed E-state index contributed by atoms with van der Waals surface area (Å²) in [6.07, 6.45) is 9.36. The summed E-state index contributed by atoms with van der Waals surface area (Å²) in [5.74, 6) is 0.621. The fourth-order valence-corrected chi connectivity index (χ4v) is 4.08. The highest BCUT2D eigenvalue weighted by Crippen LogP contribution is 2.34. The number of hydrogen-bond acceptors (Lipinski definition) is 6. The fraction of sp³-hybridized carbons (Fsp3) is 0.320. The van der Waals surface area contributed by atoms with E-state index >= 15 is 0 Å². The number of nitriles is 1. The van der Waals surface area contributed by atoms with Crippen LogP contribution < -0.4 is 4.74 Å². The summed E-state index contributed by atoms with van der Waals surface area (Å²) in [7, 11) is 1.68. The molecule has 4 heterocycles. The van der Waals surface area contributed by atoms with Gasteiger partial charge in [0.25, 0.3) is 0 Å². The van der Waals surface area contributed by atoms with Gasteiger partial charge in [-0.25, -0.2) is 4.98 Å². The monoisotopic (exact) mass is 443 g/mol. The highest BCUT2D eigenvalue weighted by molar-refractivity contribution is 5.96. The van der Waals surface area contributed by atoms with E-state index in [0.717, 1.165) is 46.1 Å². The molecule has 0 amide bonds. The van der Waals surface area contributed by atoms with Crippen molar-refractivity contribution >= 4 is 11.0 Å². The van der Waals surface area contributed by atoms with Crippen LogP contribution in [0.3, 0.4) is 0 Å². The summed E-state index contributed by atoms with van der Waals surface area (Å²) in [4.78, 5) is 7.83. The molecular formula is C25H25N5O3. The predicted molar refractivity (Wildman–Crippen MR) is 124 cm³/mol. The van der Waals surface area contributed by atoms with Gasteiger partial charge in [0.15, 0.2) is 0 Å². The van der Waals surface area contributed by atoms with E-state index in [1.54, 1.807) is 7.11 Å². The molecule has 0 aliphatic carbocycles. The number of ether oxygens (including phenoxy) is 3. The van der Waals surface area contributed by atoms with Crippen molar-refractivity contribution in [2.24, 2.45) is 0 Å². The highest BCUT2D eigenvalue weighted by atomic mass is 16.5. The quantitative estimate of drug-likeness (QED) is 0.460. The van der Waals surface area contributed by atoms with Crippen molar-refractivity contribution in [3.8, 4) is 34.1 Å². The summed E-state index contributed by atoms with van der Waals surface area (Å²) >= 11 is 0. The molecule has 1 aromatic carbocycles. The number of pyridine rings is 1. The van der Waals surface area contributed by atoms with Gasteiger partial charge in [-0.3, -0.25) is 4.68 Å². The average molecular weight is 444 g/mol. The maximum atomic E-state index is 9.75. The van der Waals surface area contributed by atoms with E-state index in [1.165, 1.54) is 0 Å². The lowest BCUT2D eigenvalue weighted by Gasteiger charge is -2.23. The molecule has 0 atom stereocenters. The first-order chi connectivity index (χ1) is 16.2. The zero-order valence-electron chi connectivity index (χ0n) is 18.5. The predicted octanol–water partition coefficient (Wildman–Crippen LogP) is 4.17. The molecule has 5 rings (SSSR count). The Bertz CT molecular complexity index is 1300. The van der Waals surface area contributed by atoms with Crippen molar-refractivity contribution in [3.05, 3.63) is 54.6 Å². The Kier molecular flexibility index (Phi) is 6.07. The molecule has 33 heavy (non-hydrogen) atoms. The molecule has 0 unspecified atom stereocenters. The van der Waals surface area contributed by atoms with Gasteiger partial charge in [0.1, 0.15) is 23.6 Å². The van der Waals surface area contributed by atoms with Crippen molar-refractivity contribution in [3.63, 3.8) is 0 Å². The average Bonchev–Trinajstić information content (AvgIpc) is 3.50. The highest BCUT2D eigenvalue weighted by Gasteiger charge is 2.18. The number of nitrogens with zero attached hydrogens (tertiary/aromatic N) is 4. The second-order valence-corrected chi connectivity index (χ2v) is 8.06. The number of benzene rings is 1. The van der Waals surface area contributed by atoms with Gasteiger partial charge in [-0.05, 0) is 23.8 Å². The largest absolute Gasteiger partial charge is 0.489 e. The lowest BCUT2D eigenvalue weighted by molar-refractivity contribution is 0.0254. The molecule has 8 nitrogen and oxygen atoms in total. The van der Waals surface area contributed by atoms with Crippen LogP contribution in [0.1, 0.15) is 18.4 Å². The SMILES string of the molecule is COCCn1cc(-c2cnc3[nH]cc(-c4ccc(OC5CCOCC5)c(C#N)c4)c3c2)cn1. The fourth-order valence-electron chi connectivity index (χ4n) is 4.08. The van der Waals surface area contributed by atoms with Gasteiger partial charge in [0, 0.05) is 60.6 Å². The Labute approximate surface area is 191 Å². The van der Waals surface area contributed by atoms with Crippen molar-refractivity contribution in [1.29, 1.82) is 5.26 Å². The molecule has 1 N–H and O–H groups in total. The van der Waals surface area contributed by atoms with Gasteiger partial charge in [-0.1, -0.05) is 6.07 Å². The van der Waals surface area contributed by atoms with Gasteiger partial charge >= 0.3 is 0 Å². The van der Waals surface area contributed by atoms with Crippen molar-refractivity contribution in [1.82, 2.24) is 19.7 Å². The zero-order chi connectivity index (χ0) is 22.6. The number of rotatable bonds is 7. The molecular weight excluding hydrogens is 418 g/mol. The lowest BCUT2D eigenvalue weighted by atomic mass is 10.0.